The van der Waals surface area contributed by atoms with Crippen molar-refractivity contribution in [2.24, 2.45) is 0 Å². The van der Waals surface area contributed by atoms with Crippen LogP contribution in [0.3, 0.4) is 0 Å². The van der Waals surface area contributed by atoms with Crippen LogP contribution in [0.15, 0.2) is 24.3 Å². The van der Waals surface area contributed by atoms with Gasteiger partial charge in [-0.3, -0.25) is 0 Å². The molecular formula is C23H34O5. The lowest BCUT2D eigenvalue weighted by Gasteiger charge is -2.60. The zero-order chi connectivity index (χ0) is 19.3. The molecule has 1 aromatic carbocycles. The molecule has 5 nitrogen and oxygen atoms in total. The van der Waals surface area contributed by atoms with Crippen molar-refractivity contribution in [1.82, 2.24) is 0 Å². The molecular weight excluding hydrogens is 356 g/mol. The van der Waals surface area contributed by atoms with E-state index in [9.17, 15) is 0 Å². The number of unbranched alkanes of at least 4 members (excludes halogenated alkanes) is 6. The first-order valence-electron chi connectivity index (χ1n) is 11.1. The van der Waals surface area contributed by atoms with Gasteiger partial charge in [0.15, 0.2) is 0 Å². The maximum atomic E-state index is 5.98. The van der Waals surface area contributed by atoms with E-state index in [4.69, 9.17) is 24.0 Å². The Bertz CT molecular complexity index is 604. The molecule has 3 saturated heterocycles. The Hall–Kier alpha value is -1.14. The van der Waals surface area contributed by atoms with Crippen LogP contribution in [-0.2, 0) is 25.7 Å². The lowest BCUT2D eigenvalue weighted by atomic mass is 9.77. The van der Waals surface area contributed by atoms with Gasteiger partial charge in [0.05, 0.1) is 19.6 Å². The van der Waals surface area contributed by atoms with Crippen LogP contribution < -0.4 is 4.74 Å². The van der Waals surface area contributed by atoms with Crippen LogP contribution in [0.1, 0.15) is 76.7 Å². The van der Waals surface area contributed by atoms with Crippen LogP contribution in [0.25, 0.3) is 0 Å². The maximum Gasteiger partial charge on any atom is 0.240 e. The number of fused-ring (bicyclic) bond motifs is 1. The molecule has 28 heavy (non-hydrogen) atoms. The van der Waals surface area contributed by atoms with Gasteiger partial charge in [-0.2, -0.15) is 4.89 Å². The van der Waals surface area contributed by atoms with Gasteiger partial charge in [-0.1, -0.05) is 57.6 Å². The second kappa shape index (κ2) is 9.12. The predicted molar refractivity (Wildman–Crippen MR) is 106 cm³/mol. The molecule has 3 aliphatic rings. The van der Waals surface area contributed by atoms with E-state index >= 15 is 0 Å². The van der Waals surface area contributed by atoms with Crippen molar-refractivity contribution in [3.63, 3.8) is 0 Å². The molecule has 3 aliphatic heterocycles. The average Bonchev–Trinajstić information content (AvgIpc) is 2.66. The van der Waals surface area contributed by atoms with E-state index in [0.29, 0.717) is 13.0 Å². The summed E-state index contributed by atoms with van der Waals surface area (Å²) in [5.41, 5.74) is 1.03. The molecule has 0 aliphatic carbocycles. The van der Waals surface area contributed by atoms with Crippen LogP contribution in [0.5, 0.6) is 5.75 Å². The molecule has 2 spiro atoms. The summed E-state index contributed by atoms with van der Waals surface area (Å²) < 4.78 is 17.8. The monoisotopic (exact) mass is 390 g/mol. The third-order valence-electron chi connectivity index (χ3n) is 6.38. The lowest BCUT2D eigenvalue weighted by molar-refractivity contribution is -0.565. The standard InChI is InChI=1S/C23H34O5/c1-2-3-4-5-6-7-8-9-19-10-12-20(13-11-19)26-21-18-23(27-21)22(14-16-24-22)15-17-25-28-23/h10-13,21H,2-9,14-18H2,1H3. The SMILES string of the molecule is CCCCCCCCCc1ccc(OC2CC3(OOCCC34CCO4)O2)cc1. The van der Waals surface area contributed by atoms with Crippen LogP contribution >= 0.6 is 0 Å². The van der Waals surface area contributed by atoms with Crippen molar-refractivity contribution in [1.29, 1.82) is 0 Å². The van der Waals surface area contributed by atoms with Crippen LogP contribution in [0.4, 0.5) is 0 Å². The molecule has 3 unspecified atom stereocenters. The minimum absolute atomic E-state index is 0.309. The summed E-state index contributed by atoms with van der Waals surface area (Å²) in [7, 11) is 0. The smallest absolute Gasteiger partial charge is 0.240 e. The first kappa shape index (κ1) is 20.1. The van der Waals surface area contributed by atoms with E-state index in [1.54, 1.807) is 0 Å². The first-order chi connectivity index (χ1) is 13.8. The molecule has 5 heteroatoms. The summed E-state index contributed by atoms with van der Waals surface area (Å²) in [6.07, 6.45) is 12.6. The Kier molecular flexibility index (Phi) is 6.56. The van der Waals surface area contributed by atoms with Crippen molar-refractivity contribution in [2.45, 2.75) is 95.2 Å². The maximum absolute atomic E-state index is 5.98. The highest BCUT2D eigenvalue weighted by molar-refractivity contribution is 5.27. The molecule has 0 radical (unpaired) electrons. The molecule has 3 atom stereocenters. The fraction of sp³-hybridized carbons (Fsp3) is 0.739. The Balaban J connectivity index is 1.17. The van der Waals surface area contributed by atoms with Crippen molar-refractivity contribution < 1.29 is 24.0 Å². The summed E-state index contributed by atoms with van der Waals surface area (Å²) in [5, 5.41) is 0. The van der Waals surface area contributed by atoms with Gasteiger partial charge in [0.25, 0.3) is 0 Å². The number of aryl methyl sites for hydroxylation is 1. The molecule has 3 fully saturated rings. The summed E-state index contributed by atoms with van der Waals surface area (Å²) in [5.74, 6) is 0.0501. The number of rotatable bonds is 10. The quantitative estimate of drug-likeness (QED) is 0.400. The van der Waals surface area contributed by atoms with Crippen molar-refractivity contribution in [3.8, 4) is 5.75 Å². The fourth-order valence-corrected chi connectivity index (χ4v) is 4.46. The highest BCUT2D eigenvalue weighted by Gasteiger charge is 2.68. The van der Waals surface area contributed by atoms with Gasteiger partial charge in [0, 0.05) is 12.8 Å². The van der Waals surface area contributed by atoms with Gasteiger partial charge in [0.1, 0.15) is 11.4 Å². The third kappa shape index (κ3) is 4.23. The zero-order valence-corrected chi connectivity index (χ0v) is 17.1. The largest absolute Gasteiger partial charge is 0.465 e. The molecule has 156 valence electrons. The average molecular weight is 391 g/mol. The van der Waals surface area contributed by atoms with E-state index in [0.717, 1.165) is 31.6 Å². The minimum atomic E-state index is -0.786. The summed E-state index contributed by atoms with van der Waals surface area (Å²) >= 11 is 0. The van der Waals surface area contributed by atoms with Gasteiger partial charge in [0.2, 0.25) is 12.1 Å². The van der Waals surface area contributed by atoms with Gasteiger partial charge in [-0.15, -0.1) is 0 Å². The van der Waals surface area contributed by atoms with E-state index in [1.165, 1.54) is 50.5 Å². The predicted octanol–water partition coefficient (Wildman–Crippen LogP) is 5.31. The fourth-order valence-electron chi connectivity index (χ4n) is 4.46. The van der Waals surface area contributed by atoms with Crippen LogP contribution in [-0.4, -0.2) is 30.9 Å². The lowest BCUT2D eigenvalue weighted by Crippen LogP contribution is -2.74. The molecule has 0 aromatic heterocycles. The number of ether oxygens (including phenoxy) is 3. The van der Waals surface area contributed by atoms with E-state index in [1.807, 2.05) is 12.1 Å². The first-order valence-corrected chi connectivity index (χ1v) is 11.1. The van der Waals surface area contributed by atoms with Crippen LogP contribution in [0, 0.1) is 0 Å². The topological polar surface area (TPSA) is 46.2 Å². The van der Waals surface area contributed by atoms with Gasteiger partial charge in [-0.05, 0) is 30.5 Å². The van der Waals surface area contributed by atoms with E-state index < -0.39 is 5.79 Å². The summed E-state index contributed by atoms with van der Waals surface area (Å²) in [4.78, 5) is 10.7. The third-order valence-corrected chi connectivity index (χ3v) is 6.38. The molecule has 4 rings (SSSR count). The second-order valence-corrected chi connectivity index (χ2v) is 8.39. The molecule has 0 saturated carbocycles. The molecule has 3 heterocycles. The Morgan fingerprint density at radius 2 is 1.64 bits per heavy atom. The van der Waals surface area contributed by atoms with Crippen molar-refractivity contribution in [3.05, 3.63) is 29.8 Å². The second-order valence-electron chi connectivity index (χ2n) is 8.39. The van der Waals surface area contributed by atoms with Gasteiger partial charge >= 0.3 is 0 Å². The summed E-state index contributed by atoms with van der Waals surface area (Å²) in [6, 6.07) is 8.41. The number of hydrogen-bond acceptors (Lipinski definition) is 5. The van der Waals surface area contributed by atoms with Crippen molar-refractivity contribution in [2.75, 3.05) is 13.2 Å². The zero-order valence-electron chi connectivity index (χ0n) is 17.1. The van der Waals surface area contributed by atoms with Gasteiger partial charge in [-0.25, -0.2) is 4.89 Å². The normalized spacial score (nSPS) is 31.5. The summed E-state index contributed by atoms with van der Waals surface area (Å²) in [6.45, 7) is 3.58. The van der Waals surface area contributed by atoms with E-state index in [2.05, 4.69) is 19.1 Å². The highest BCUT2D eigenvalue weighted by Crippen LogP contribution is 2.53. The number of hydrogen-bond donors (Lipinski definition) is 0. The number of benzene rings is 1. The van der Waals surface area contributed by atoms with E-state index in [-0.39, 0.29) is 11.9 Å². The molecule has 0 N–H and O–H groups in total. The Labute approximate surface area is 168 Å². The highest BCUT2D eigenvalue weighted by atomic mass is 17.2. The molecule has 0 amide bonds. The Morgan fingerprint density at radius 3 is 2.32 bits per heavy atom. The van der Waals surface area contributed by atoms with Crippen LogP contribution in [0.2, 0.25) is 0 Å². The van der Waals surface area contributed by atoms with Gasteiger partial charge < -0.3 is 14.2 Å². The Morgan fingerprint density at radius 1 is 0.964 bits per heavy atom. The minimum Gasteiger partial charge on any atom is -0.465 e. The van der Waals surface area contributed by atoms with Crippen molar-refractivity contribution >= 4 is 0 Å². The molecule has 0 bridgehead atoms. The molecule has 1 aromatic rings.